The van der Waals surface area contributed by atoms with Crippen molar-refractivity contribution in [3.8, 4) is 0 Å². The average molecular weight is 258 g/mol. The fraction of sp³-hybridized carbons (Fsp3) is 0.286. The molecular weight excluding hydrogens is 240 g/mol. The molecule has 100 valence electrons. The molecule has 1 aromatic carbocycles. The van der Waals surface area contributed by atoms with Crippen LogP contribution in [0.2, 0.25) is 0 Å². The standard InChI is InChI=1S/C14H18N4O/c1-17(2)12-5-3-11(4-6-12)14(19)18-10-16-9-13(18)7-8-15/h3-6,9-10H,7-8,15H2,1-2H3. The summed E-state index contributed by atoms with van der Waals surface area (Å²) in [4.78, 5) is 18.4. The van der Waals surface area contributed by atoms with Crippen molar-refractivity contribution < 1.29 is 4.79 Å². The Bertz CT molecular complexity index is 557. The Kier molecular flexibility index (Phi) is 3.97. The van der Waals surface area contributed by atoms with Crippen LogP contribution >= 0.6 is 0 Å². The molecular formula is C14H18N4O. The van der Waals surface area contributed by atoms with Crippen LogP contribution in [0.3, 0.4) is 0 Å². The molecule has 0 radical (unpaired) electrons. The monoisotopic (exact) mass is 258 g/mol. The summed E-state index contributed by atoms with van der Waals surface area (Å²) in [5, 5.41) is 0. The first kappa shape index (κ1) is 13.3. The maximum atomic E-state index is 12.4. The van der Waals surface area contributed by atoms with Gasteiger partial charge in [0.15, 0.2) is 0 Å². The minimum absolute atomic E-state index is 0.0775. The van der Waals surface area contributed by atoms with Crippen LogP contribution in [0.15, 0.2) is 36.8 Å². The summed E-state index contributed by atoms with van der Waals surface area (Å²) >= 11 is 0. The summed E-state index contributed by atoms with van der Waals surface area (Å²) in [6.45, 7) is 0.499. The van der Waals surface area contributed by atoms with Gasteiger partial charge in [0, 0.05) is 43.7 Å². The number of aromatic nitrogens is 2. The summed E-state index contributed by atoms with van der Waals surface area (Å²) in [6, 6.07) is 7.49. The van der Waals surface area contributed by atoms with E-state index >= 15 is 0 Å². The molecule has 0 amide bonds. The van der Waals surface area contributed by atoms with Crippen LogP contribution in [0.25, 0.3) is 0 Å². The maximum absolute atomic E-state index is 12.4. The van der Waals surface area contributed by atoms with Gasteiger partial charge in [-0.3, -0.25) is 9.36 Å². The van der Waals surface area contributed by atoms with Crippen molar-refractivity contribution in [2.45, 2.75) is 6.42 Å². The van der Waals surface area contributed by atoms with Crippen LogP contribution in [0.4, 0.5) is 5.69 Å². The van der Waals surface area contributed by atoms with Gasteiger partial charge in [0.25, 0.3) is 5.91 Å². The third kappa shape index (κ3) is 2.82. The molecule has 2 rings (SSSR count). The lowest BCUT2D eigenvalue weighted by molar-refractivity contribution is 0.0957. The zero-order valence-electron chi connectivity index (χ0n) is 11.2. The predicted molar refractivity (Wildman–Crippen MR) is 75.5 cm³/mol. The van der Waals surface area contributed by atoms with E-state index < -0.39 is 0 Å². The molecule has 1 aromatic heterocycles. The summed E-state index contributed by atoms with van der Waals surface area (Å²) in [7, 11) is 3.93. The normalized spacial score (nSPS) is 10.5. The average Bonchev–Trinajstić information content (AvgIpc) is 2.87. The molecule has 0 saturated heterocycles. The highest BCUT2D eigenvalue weighted by molar-refractivity contribution is 5.96. The van der Waals surface area contributed by atoms with Crippen molar-refractivity contribution in [1.29, 1.82) is 0 Å². The summed E-state index contributed by atoms with van der Waals surface area (Å²) in [6.07, 6.45) is 3.85. The Balaban J connectivity index is 2.26. The van der Waals surface area contributed by atoms with E-state index in [1.165, 1.54) is 6.33 Å². The van der Waals surface area contributed by atoms with Gasteiger partial charge in [-0.2, -0.15) is 0 Å². The van der Waals surface area contributed by atoms with E-state index in [1.807, 2.05) is 43.3 Å². The second-order valence-electron chi connectivity index (χ2n) is 4.54. The van der Waals surface area contributed by atoms with Crippen LogP contribution < -0.4 is 10.6 Å². The SMILES string of the molecule is CN(C)c1ccc(C(=O)n2cncc2CCN)cc1. The predicted octanol–water partition coefficient (Wildman–Crippen LogP) is 1.14. The number of nitrogens with two attached hydrogens (primary N) is 1. The Hall–Kier alpha value is -2.14. The van der Waals surface area contributed by atoms with Gasteiger partial charge in [-0.25, -0.2) is 4.98 Å². The summed E-state index contributed by atoms with van der Waals surface area (Å²) in [5.74, 6) is -0.0775. The lowest BCUT2D eigenvalue weighted by Gasteiger charge is -2.12. The van der Waals surface area contributed by atoms with Gasteiger partial charge in [-0.05, 0) is 30.8 Å². The quantitative estimate of drug-likeness (QED) is 0.893. The number of anilines is 1. The van der Waals surface area contributed by atoms with Gasteiger partial charge in [-0.1, -0.05) is 0 Å². The van der Waals surface area contributed by atoms with Gasteiger partial charge >= 0.3 is 0 Å². The molecule has 0 spiro atoms. The number of nitrogens with zero attached hydrogens (tertiary/aromatic N) is 3. The van der Waals surface area contributed by atoms with Crippen LogP contribution in [0.5, 0.6) is 0 Å². The largest absolute Gasteiger partial charge is 0.378 e. The Morgan fingerprint density at radius 2 is 2.00 bits per heavy atom. The molecule has 2 aromatic rings. The molecule has 0 unspecified atom stereocenters. The van der Waals surface area contributed by atoms with E-state index in [1.54, 1.807) is 10.8 Å². The molecule has 0 aliphatic rings. The number of hydrogen-bond acceptors (Lipinski definition) is 4. The highest BCUT2D eigenvalue weighted by Gasteiger charge is 2.12. The first-order valence-electron chi connectivity index (χ1n) is 6.17. The van der Waals surface area contributed by atoms with Crippen molar-refractivity contribution >= 4 is 11.6 Å². The van der Waals surface area contributed by atoms with Crippen molar-refractivity contribution in [2.75, 3.05) is 25.5 Å². The first-order chi connectivity index (χ1) is 9.13. The molecule has 1 heterocycles. The van der Waals surface area contributed by atoms with Crippen molar-refractivity contribution in [3.05, 3.63) is 48.0 Å². The molecule has 5 nitrogen and oxygen atoms in total. The number of imidazole rings is 1. The first-order valence-corrected chi connectivity index (χ1v) is 6.17. The molecule has 0 saturated carbocycles. The topological polar surface area (TPSA) is 64.2 Å². The fourth-order valence-corrected chi connectivity index (χ4v) is 1.88. The zero-order chi connectivity index (χ0) is 13.8. The highest BCUT2D eigenvalue weighted by Crippen LogP contribution is 2.14. The van der Waals surface area contributed by atoms with E-state index in [0.717, 1.165) is 11.4 Å². The van der Waals surface area contributed by atoms with Gasteiger partial charge in [0.1, 0.15) is 6.33 Å². The molecule has 0 aliphatic carbocycles. The van der Waals surface area contributed by atoms with Crippen LogP contribution in [-0.4, -0.2) is 36.1 Å². The Morgan fingerprint density at radius 1 is 1.32 bits per heavy atom. The van der Waals surface area contributed by atoms with E-state index in [9.17, 15) is 4.79 Å². The highest BCUT2D eigenvalue weighted by atomic mass is 16.2. The lowest BCUT2D eigenvalue weighted by Crippen LogP contribution is -2.16. The van der Waals surface area contributed by atoms with E-state index in [4.69, 9.17) is 5.73 Å². The van der Waals surface area contributed by atoms with Crippen LogP contribution in [-0.2, 0) is 6.42 Å². The maximum Gasteiger partial charge on any atom is 0.263 e. The smallest absolute Gasteiger partial charge is 0.263 e. The molecule has 5 heteroatoms. The zero-order valence-corrected chi connectivity index (χ0v) is 11.2. The van der Waals surface area contributed by atoms with Gasteiger partial charge in [-0.15, -0.1) is 0 Å². The Labute approximate surface area is 112 Å². The number of rotatable bonds is 4. The Morgan fingerprint density at radius 3 is 2.58 bits per heavy atom. The molecule has 0 bridgehead atoms. The van der Waals surface area contributed by atoms with Crippen LogP contribution in [0, 0.1) is 0 Å². The molecule has 0 aliphatic heterocycles. The molecule has 0 atom stereocenters. The third-order valence-electron chi connectivity index (χ3n) is 2.97. The molecule has 19 heavy (non-hydrogen) atoms. The summed E-state index contributed by atoms with van der Waals surface area (Å²) in [5.41, 5.74) is 8.06. The lowest BCUT2D eigenvalue weighted by atomic mass is 10.2. The summed E-state index contributed by atoms with van der Waals surface area (Å²) < 4.78 is 1.55. The van der Waals surface area contributed by atoms with Crippen molar-refractivity contribution in [2.24, 2.45) is 5.73 Å². The van der Waals surface area contributed by atoms with Gasteiger partial charge < -0.3 is 10.6 Å². The minimum Gasteiger partial charge on any atom is -0.378 e. The molecule has 2 N–H and O–H groups in total. The number of hydrogen-bond donors (Lipinski definition) is 1. The van der Waals surface area contributed by atoms with E-state index in [-0.39, 0.29) is 5.91 Å². The number of carbonyl (C=O) groups excluding carboxylic acids is 1. The van der Waals surface area contributed by atoms with Gasteiger partial charge in [0.05, 0.1) is 0 Å². The second-order valence-corrected chi connectivity index (χ2v) is 4.54. The van der Waals surface area contributed by atoms with E-state index in [0.29, 0.717) is 18.5 Å². The fourth-order valence-electron chi connectivity index (χ4n) is 1.88. The van der Waals surface area contributed by atoms with Gasteiger partial charge in [0.2, 0.25) is 0 Å². The minimum atomic E-state index is -0.0775. The van der Waals surface area contributed by atoms with Crippen molar-refractivity contribution in [3.63, 3.8) is 0 Å². The van der Waals surface area contributed by atoms with E-state index in [2.05, 4.69) is 4.98 Å². The number of carbonyl (C=O) groups is 1. The molecule has 0 fully saturated rings. The second kappa shape index (κ2) is 5.67. The van der Waals surface area contributed by atoms with Crippen LogP contribution in [0.1, 0.15) is 16.1 Å². The number of benzene rings is 1. The third-order valence-corrected chi connectivity index (χ3v) is 2.97. The van der Waals surface area contributed by atoms with Crippen molar-refractivity contribution in [1.82, 2.24) is 9.55 Å².